The molecule has 2 aromatic carbocycles. The Morgan fingerprint density at radius 3 is 2.71 bits per heavy atom. The maximum Gasteiger partial charge on any atom is 0.265 e. The van der Waals surface area contributed by atoms with E-state index in [1.807, 2.05) is 12.1 Å². The van der Waals surface area contributed by atoms with Crippen LogP contribution in [-0.2, 0) is 16.1 Å². The Kier molecular flexibility index (Phi) is 4.48. The highest BCUT2D eigenvalue weighted by atomic mass is 16.5. The molecule has 0 spiro atoms. The summed E-state index contributed by atoms with van der Waals surface area (Å²) in [5, 5.41) is 5.56. The molecule has 3 rings (SSSR count). The fourth-order valence-corrected chi connectivity index (χ4v) is 2.41. The van der Waals surface area contributed by atoms with E-state index < -0.39 is 6.10 Å². The van der Waals surface area contributed by atoms with Crippen molar-refractivity contribution in [2.24, 2.45) is 0 Å². The van der Waals surface area contributed by atoms with Crippen LogP contribution < -0.4 is 15.4 Å². The highest BCUT2D eigenvalue weighted by Crippen LogP contribution is 2.32. The predicted octanol–water partition coefficient (Wildman–Crippen LogP) is 2.80. The summed E-state index contributed by atoms with van der Waals surface area (Å²) >= 11 is 0. The number of carbonyl (C=O) groups excluding carboxylic acids is 2. The zero-order chi connectivity index (χ0) is 17.1. The molecule has 6 nitrogen and oxygen atoms in total. The number of hydrogen-bond donors (Lipinski definition) is 2. The summed E-state index contributed by atoms with van der Waals surface area (Å²) in [6, 6.07) is 12.3. The minimum Gasteiger partial charge on any atom is -0.479 e. The monoisotopic (exact) mass is 326 g/mol. The molecule has 1 aliphatic rings. The fraction of sp³-hybridized carbons (Fsp3) is 0.222. The molecular weight excluding hydrogens is 308 g/mol. The topological polar surface area (TPSA) is 76.7 Å². The van der Waals surface area contributed by atoms with Gasteiger partial charge in [-0.15, -0.1) is 0 Å². The molecule has 2 aromatic rings. The number of nitrogens with one attached hydrogen (secondary N) is 2. The van der Waals surface area contributed by atoms with Gasteiger partial charge in [-0.2, -0.15) is 0 Å². The largest absolute Gasteiger partial charge is 0.479 e. The molecule has 0 fully saturated rings. The van der Waals surface area contributed by atoms with Crippen molar-refractivity contribution in [1.82, 2.24) is 0 Å². The Labute approximate surface area is 139 Å². The third kappa shape index (κ3) is 3.38. The predicted molar refractivity (Wildman–Crippen MR) is 90.3 cm³/mol. The SMILES string of the molecule is COCc1ccc(C(=O)Nc2ccc3c(c2)NC(=O)C(C)O3)cc1. The lowest BCUT2D eigenvalue weighted by Gasteiger charge is -2.23. The second kappa shape index (κ2) is 6.72. The quantitative estimate of drug-likeness (QED) is 0.906. The summed E-state index contributed by atoms with van der Waals surface area (Å²) in [4.78, 5) is 24.0. The van der Waals surface area contributed by atoms with Crippen LogP contribution >= 0.6 is 0 Å². The number of amides is 2. The number of hydrogen-bond acceptors (Lipinski definition) is 4. The first-order valence-electron chi connectivity index (χ1n) is 7.57. The van der Waals surface area contributed by atoms with Crippen molar-refractivity contribution in [2.75, 3.05) is 17.7 Å². The van der Waals surface area contributed by atoms with Crippen LogP contribution in [0, 0.1) is 0 Å². The Morgan fingerprint density at radius 1 is 1.25 bits per heavy atom. The number of rotatable bonds is 4. The van der Waals surface area contributed by atoms with Gasteiger partial charge in [0.2, 0.25) is 0 Å². The number of fused-ring (bicyclic) bond motifs is 1. The first-order chi connectivity index (χ1) is 11.6. The Bertz CT molecular complexity index is 771. The first-order valence-corrected chi connectivity index (χ1v) is 7.57. The van der Waals surface area contributed by atoms with Crippen LogP contribution in [0.25, 0.3) is 0 Å². The zero-order valence-electron chi connectivity index (χ0n) is 13.5. The normalized spacial score (nSPS) is 15.9. The van der Waals surface area contributed by atoms with Gasteiger partial charge in [0.15, 0.2) is 6.10 Å². The van der Waals surface area contributed by atoms with Crippen molar-refractivity contribution in [3.05, 3.63) is 53.6 Å². The van der Waals surface area contributed by atoms with Gasteiger partial charge >= 0.3 is 0 Å². The number of ether oxygens (including phenoxy) is 2. The van der Waals surface area contributed by atoms with E-state index in [4.69, 9.17) is 9.47 Å². The van der Waals surface area contributed by atoms with Crippen LogP contribution in [-0.4, -0.2) is 25.0 Å². The van der Waals surface area contributed by atoms with Gasteiger partial charge in [-0.1, -0.05) is 12.1 Å². The van der Waals surface area contributed by atoms with E-state index in [1.165, 1.54) is 0 Å². The average Bonchev–Trinajstić information content (AvgIpc) is 2.57. The van der Waals surface area contributed by atoms with Crippen molar-refractivity contribution < 1.29 is 19.1 Å². The maximum absolute atomic E-state index is 12.3. The van der Waals surface area contributed by atoms with Crippen molar-refractivity contribution in [3.63, 3.8) is 0 Å². The second-order valence-electron chi connectivity index (χ2n) is 5.54. The lowest BCUT2D eigenvalue weighted by atomic mass is 10.1. The van der Waals surface area contributed by atoms with Gasteiger partial charge in [-0.05, 0) is 42.8 Å². The molecule has 0 aromatic heterocycles. The van der Waals surface area contributed by atoms with Gasteiger partial charge in [0, 0.05) is 18.4 Å². The van der Waals surface area contributed by atoms with E-state index in [9.17, 15) is 9.59 Å². The molecule has 24 heavy (non-hydrogen) atoms. The summed E-state index contributed by atoms with van der Waals surface area (Å²) < 4.78 is 10.5. The van der Waals surface area contributed by atoms with Crippen LogP contribution in [0.2, 0.25) is 0 Å². The molecule has 0 bridgehead atoms. The molecule has 1 unspecified atom stereocenters. The Morgan fingerprint density at radius 2 is 2.00 bits per heavy atom. The molecule has 2 amide bonds. The van der Waals surface area contributed by atoms with Crippen LogP contribution in [0.15, 0.2) is 42.5 Å². The minimum absolute atomic E-state index is 0.209. The molecule has 1 heterocycles. The first kappa shape index (κ1) is 16.0. The molecular formula is C18H18N2O4. The summed E-state index contributed by atoms with van der Waals surface area (Å²) in [5.74, 6) is 0.152. The molecule has 6 heteroatoms. The van der Waals surface area contributed by atoms with Crippen LogP contribution in [0.3, 0.4) is 0 Å². The van der Waals surface area contributed by atoms with Crippen LogP contribution in [0.1, 0.15) is 22.8 Å². The minimum atomic E-state index is -0.524. The molecule has 124 valence electrons. The molecule has 1 aliphatic heterocycles. The summed E-state index contributed by atoms with van der Waals surface area (Å²) in [6.45, 7) is 2.19. The average molecular weight is 326 g/mol. The molecule has 0 aliphatic carbocycles. The van der Waals surface area contributed by atoms with Crippen LogP contribution in [0.4, 0.5) is 11.4 Å². The second-order valence-corrected chi connectivity index (χ2v) is 5.54. The van der Waals surface area contributed by atoms with Crippen molar-refractivity contribution >= 4 is 23.2 Å². The third-order valence-corrected chi connectivity index (χ3v) is 3.70. The van der Waals surface area contributed by atoms with Crippen molar-refractivity contribution in [1.29, 1.82) is 0 Å². The lowest BCUT2D eigenvalue weighted by molar-refractivity contribution is -0.122. The zero-order valence-corrected chi connectivity index (χ0v) is 13.5. The van der Waals surface area contributed by atoms with Crippen molar-refractivity contribution in [3.8, 4) is 5.75 Å². The number of carbonyl (C=O) groups is 2. The molecule has 0 saturated heterocycles. The fourth-order valence-electron chi connectivity index (χ4n) is 2.41. The maximum atomic E-state index is 12.3. The van der Waals surface area contributed by atoms with E-state index >= 15 is 0 Å². The molecule has 1 atom stereocenters. The molecule has 0 radical (unpaired) electrons. The van der Waals surface area contributed by atoms with Gasteiger partial charge in [0.05, 0.1) is 12.3 Å². The summed E-state index contributed by atoms with van der Waals surface area (Å²) in [5.41, 5.74) is 2.67. The smallest absolute Gasteiger partial charge is 0.265 e. The van der Waals surface area contributed by atoms with E-state index in [0.29, 0.717) is 29.3 Å². The highest BCUT2D eigenvalue weighted by molar-refractivity contribution is 6.05. The molecule has 2 N–H and O–H groups in total. The van der Waals surface area contributed by atoms with E-state index in [-0.39, 0.29) is 11.8 Å². The van der Waals surface area contributed by atoms with Gasteiger partial charge in [-0.25, -0.2) is 0 Å². The standard InChI is InChI=1S/C18H18N2O4/c1-11-17(21)20-15-9-14(7-8-16(15)24-11)19-18(22)13-5-3-12(4-6-13)10-23-2/h3-9,11H,10H2,1-2H3,(H,19,22)(H,20,21). The molecule has 0 saturated carbocycles. The van der Waals surface area contributed by atoms with E-state index in [0.717, 1.165) is 5.56 Å². The van der Waals surface area contributed by atoms with Crippen LogP contribution in [0.5, 0.6) is 5.75 Å². The van der Waals surface area contributed by atoms with Gasteiger partial charge in [0.1, 0.15) is 5.75 Å². The third-order valence-electron chi connectivity index (χ3n) is 3.70. The summed E-state index contributed by atoms with van der Waals surface area (Å²) in [6.07, 6.45) is -0.524. The van der Waals surface area contributed by atoms with E-state index in [2.05, 4.69) is 10.6 Å². The van der Waals surface area contributed by atoms with Gasteiger partial charge < -0.3 is 20.1 Å². The Balaban J connectivity index is 1.73. The van der Waals surface area contributed by atoms with Gasteiger partial charge in [0.25, 0.3) is 11.8 Å². The number of methoxy groups -OCH3 is 1. The van der Waals surface area contributed by atoms with Crippen molar-refractivity contribution in [2.45, 2.75) is 19.6 Å². The van der Waals surface area contributed by atoms with E-state index in [1.54, 1.807) is 44.4 Å². The van der Waals surface area contributed by atoms with Gasteiger partial charge in [-0.3, -0.25) is 9.59 Å². The lowest BCUT2D eigenvalue weighted by Crippen LogP contribution is -2.34. The number of benzene rings is 2. The number of anilines is 2. The summed E-state index contributed by atoms with van der Waals surface area (Å²) in [7, 11) is 1.62. The highest BCUT2D eigenvalue weighted by Gasteiger charge is 2.23. The Hall–Kier alpha value is -2.86.